The van der Waals surface area contributed by atoms with Crippen molar-refractivity contribution in [1.29, 1.82) is 0 Å². The molecule has 0 radical (unpaired) electrons. The van der Waals surface area contributed by atoms with Crippen molar-refractivity contribution in [1.82, 2.24) is 9.88 Å². The molecule has 1 fully saturated rings. The van der Waals surface area contributed by atoms with E-state index in [-0.39, 0.29) is 6.10 Å². The average molecular weight is 344 g/mol. The SMILES string of the molecule is COc1ccc(-c2cnc(CN(CC(C)O)C3CCCCC3)o2)cc1. The quantitative estimate of drug-likeness (QED) is 0.826. The average Bonchev–Trinajstić information content (AvgIpc) is 3.10. The second-order valence-electron chi connectivity index (χ2n) is 6.92. The topological polar surface area (TPSA) is 58.7 Å². The number of hydrogen-bond donors (Lipinski definition) is 1. The highest BCUT2D eigenvalue weighted by Gasteiger charge is 2.24. The molecule has 1 aromatic carbocycles. The van der Waals surface area contributed by atoms with Crippen LogP contribution in [0, 0.1) is 0 Å². The van der Waals surface area contributed by atoms with Crippen LogP contribution < -0.4 is 4.74 Å². The van der Waals surface area contributed by atoms with Gasteiger partial charge in [-0.1, -0.05) is 19.3 Å². The van der Waals surface area contributed by atoms with Gasteiger partial charge in [0.2, 0.25) is 5.89 Å². The highest BCUT2D eigenvalue weighted by molar-refractivity contribution is 5.57. The molecule has 0 saturated heterocycles. The predicted octanol–water partition coefficient (Wildman–Crippen LogP) is 3.87. The molecule has 5 nitrogen and oxygen atoms in total. The molecule has 1 N–H and O–H groups in total. The number of aliphatic hydroxyl groups excluding tert-OH is 1. The van der Waals surface area contributed by atoms with Gasteiger partial charge in [0.25, 0.3) is 0 Å². The molecular weight excluding hydrogens is 316 g/mol. The fourth-order valence-electron chi connectivity index (χ4n) is 3.57. The lowest BCUT2D eigenvalue weighted by atomic mass is 9.94. The van der Waals surface area contributed by atoms with E-state index in [1.54, 1.807) is 13.3 Å². The van der Waals surface area contributed by atoms with Crippen molar-refractivity contribution in [3.63, 3.8) is 0 Å². The summed E-state index contributed by atoms with van der Waals surface area (Å²) in [6.45, 7) is 3.14. The Bertz CT molecular complexity index is 645. The number of benzene rings is 1. The summed E-state index contributed by atoms with van der Waals surface area (Å²) >= 11 is 0. The van der Waals surface area contributed by atoms with E-state index in [1.165, 1.54) is 32.1 Å². The molecule has 0 aliphatic heterocycles. The van der Waals surface area contributed by atoms with Crippen molar-refractivity contribution >= 4 is 0 Å². The number of rotatable bonds is 7. The molecule has 3 rings (SSSR count). The molecule has 1 heterocycles. The normalized spacial score (nSPS) is 17.0. The van der Waals surface area contributed by atoms with Gasteiger partial charge in [-0.3, -0.25) is 4.90 Å². The van der Waals surface area contributed by atoms with E-state index in [0.29, 0.717) is 25.0 Å². The summed E-state index contributed by atoms with van der Waals surface area (Å²) in [5.74, 6) is 2.29. The summed E-state index contributed by atoms with van der Waals surface area (Å²) in [6, 6.07) is 8.29. The van der Waals surface area contributed by atoms with Gasteiger partial charge in [-0.25, -0.2) is 4.98 Å². The van der Waals surface area contributed by atoms with Gasteiger partial charge in [0.15, 0.2) is 5.76 Å². The summed E-state index contributed by atoms with van der Waals surface area (Å²) in [5, 5.41) is 9.86. The van der Waals surface area contributed by atoms with E-state index in [0.717, 1.165) is 17.1 Å². The van der Waals surface area contributed by atoms with Crippen molar-refractivity contribution in [2.75, 3.05) is 13.7 Å². The van der Waals surface area contributed by atoms with Crippen LogP contribution in [-0.2, 0) is 6.54 Å². The van der Waals surface area contributed by atoms with Gasteiger partial charge in [0.1, 0.15) is 5.75 Å². The van der Waals surface area contributed by atoms with Crippen LogP contribution in [-0.4, -0.2) is 40.8 Å². The molecule has 0 bridgehead atoms. The highest BCUT2D eigenvalue weighted by Crippen LogP contribution is 2.26. The van der Waals surface area contributed by atoms with Crippen molar-refractivity contribution < 1.29 is 14.3 Å². The van der Waals surface area contributed by atoms with Crippen molar-refractivity contribution in [3.05, 3.63) is 36.4 Å². The van der Waals surface area contributed by atoms with E-state index in [9.17, 15) is 5.11 Å². The fourth-order valence-corrected chi connectivity index (χ4v) is 3.57. The third-order valence-corrected chi connectivity index (χ3v) is 4.86. The summed E-state index contributed by atoms with van der Waals surface area (Å²) in [4.78, 5) is 6.78. The van der Waals surface area contributed by atoms with Crippen LogP contribution in [0.4, 0.5) is 0 Å². The number of aromatic nitrogens is 1. The maximum Gasteiger partial charge on any atom is 0.209 e. The Labute approximate surface area is 149 Å². The molecule has 25 heavy (non-hydrogen) atoms. The smallest absolute Gasteiger partial charge is 0.209 e. The highest BCUT2D eigenvalue weighted by atomic mass is 16.5. The monoisotopic (exact) mass is 344 g/mol. The van der Waals surface area contributed by atoms with Gasteiger partial charge < -0.3 is 14.3 Å². The maximum atomic E-state index is 9.86. The van der Waals surface area contributed by atoms with Crippen LogP contribution >= 0.6 is 0 Å². The first-order valence-electron chi connectivity index (χ1n) is 9.17. The molecule has 0 spiro atoms. The van der Waals surface area contributed by atoms with Gasteiger partial charge in [0, 0.05) is 18.2 Å². The summed E-state index contributed by atoms with van der Waals surface area (Å²) in [6.07, 6.45) is 7.67. The summed E-state index contributed by atoms with van der Waals surface area (Å²) in [7, 11) is 1.66. The summed E-state index contributed by atoms with van der Waals surface area (Å²) in [5.41, 5.74) is 0.985. The number of aliphatic hydroxyl groups is 1. The second kappa shape index (κ2) is 8.50. The molecule has 2 aromatic rings. The molecule has 1 aliphatic rings. The zero-order chi connectivity index (χ0) is 17.6. The molecule has 1 saturated carbocycles. The van der Waals surface area contributed by atoms with Crippen LogP contribution in [0.25, 0.3) is 11.3 Å². The molecule has 1 atom stereocenters. The number of hydrogen-bond acceptors (Lipinski definition) is 5. The predicted molar refractivity (Wildman–Crippen MR) is 97.5 cm³/mol. The Morgan fingerprint density at radius 2 is 1.96 bits per heavy atom. The van der Waals surface area contributed by atoms with E-state index in [2.05, 4.69) is 9.88 Å². The summed E-state index contributed by atoms with van der Waals surface area (Å²) < 4.78 is 11.2. The minimum absolute atomic E-state index is 0.349. The van der Waals surface area contributed by atoms with Crippen molar-refractivity contribution in [2.24, 2.45) is 0 Å². The Morgan fingerprint density at radius 3 is 2.60 bits per heavy atom. The van der Waals surface area contributed by atoms with Crippen LogP contribution in [0.1, 0.15) is 44.9 Å². The molecule has 0 amide bonds. The van der Waals surface area contributed by atoms with Gasteiger partial charge in [0.05, 0.1) is 26.0 Å². The van der Waals surface area contributed by atoms with E-state index >= 15 is 0 Å². The van der Waals surface area contributed by atoms with E-state index < -0.39 is 0 Å². The number of oxazole rings is 1. The second-order valence-corrected chi connectivity index (χ2v) is 6.92. The Morgan fingerprint density at radius 1 is 1.24 bits per heavy atom. The molecule has 5 heteroatoms. The third kappa shape index (κ3) is 4.83. The van der Waals surface area contributed by atoms with Crippen LogP contribution in [0.5, 0.6) is 5.75 Å². The number of methoxy groups -OCH3 is 1. The Hall–Kier alpha value is -1.85. The standard InChI is InChI=1S/C20H28N2O3/c1-15(23)13-22(17-6-4-3-5-7-17)14-20-21-12-19(25-20)16-8-10-18(24-2)11-9-16/h8-12,15,17,23H,3-7,13-14H2,1-2H3. The minimum Gasteiger partial charge on any atom is -0.497 e. The van der Waals surface area contributed by atoms with E-state index in [4.69, 9.17) is 9.15 Å². The zero-order valence-corrected chi connectivity index (χ0v) is 15.1. The van der Waals surface area contributed by atoms with Gasteiger partial charge in [-0.15, -0.1) is 0 Å². The molecule has 1 unspecified atom stereocenters. The minimum atomic E-state index is -0.349. The lowest BCUT2D eigenvalue weighted by Crippen LogP contribution is -2.40. The Kier molecular flexibility index (Phi) is 6.10. The zero-order valence-electron chi connectivity index (χ0n) is 15.1. The first-order chi connectivity index (χ1) is 12.2. The largest absolute Gasteiger partial charge is 0.497 e. The lowest BCUT2D eigenvalue weighted by molar-refractivity contribution is 0.0707. The lowest BCUT2D eigenvalue weighted by Gasteiger charge is -2.34. The molecule has 1 aromatic heterocycles. The van der Waals surface area contributed by atoms with Crippen LogP contribution in [0.2, 0.25) is 0 Å². The van der Waals surface area contributed by atoms with Gasteiger partial charge >= 0.3 is 0 Å². The van der Waals surface area contributed by atoms with Crippen LogP contribution in [0.15, 0.2) is 34.9 Å². The van der Waals surface area contributed by atoms with E-state index in [1.807, 2.05) is 31.2 Å². The fraction of sp³-hybridized carbons (Fsp3) is 0.550. The third-order valence-electron chi connectivity index (χ3n) is 4.86. The van der Waals surface area contributed by atoms with Crippen molar-refractivity contribution in [3.8, 4) is 17.1 Å². The molecule has 1 aliphatic carbocycles. The van der Waals surface area contributed by atoms with Crippen molar-refractivity contribution in [2.45, 2.75) is 57.7 Å². The van der Waals surface area contributed by atoms with Gasteiger partial charge in [-0.2, -0.15) is 0 Å². The Balaban J connectivity index is 1.70. The molecule has 136 valence electrons. The van der Waals surface area contributed by atoms with Crippen LogP contribution in [0.3, 0.4) is 0 Å². The van der Waals surface area contributed by atoms with Gasteiger partial charge in [-0.05, 0) is 44.0 Å². The maximum absolute atomic E-state index is 9.86. The number of ether oxygens (including phenoxy) is 1. The first kappa shape index (κ1) is 18.0. The molecular formula is C20H28N2O3. The first-order valence-corrected chi connectivity index (χ1v) is 9.17. The number of nitrogens with zero attached hydrogens (tertiary/aromatic N) is 2.